The zero-order valence-electron chi connectivity index (χ0n) is 66.8. The van der Waals surface area contributed by atoms with Crippen LogP contribution in [0.3, 0.4) is 0 Å². The van der Waals surface area contributed by atoms with Gasteiger partial charge < -0.3 is 29.7 Å². The number of hydrogen-bond acceptors (Lipinski definition) is 3. The summed E-state index contributed by atoms with van der Waals surface area (Å²) in [6, 6.07) is 168. The third kappa shape index (κ3) is 13.9. The van der Waals surface area contributed by atoms with Crippen molar-refractivity contribution in [3.05, 3.63) is 467 Å². The molecule has 0 fully saturated rings. The summed E-state index contributed by atoms with van der Waals surface area (Å²) in [5.41, 5.74) is 26.9. The lowest BCUT2D eigenvalue weighted by atomic mass is 9.99. The molecule has 24 rings (SSSR count). The minimum atomic E-state index is 1.07. The molecule has 0 bridgehead atoms. The predicted octanol–water partition coefficient (Wildman–Crippen LogP) is 32.0. The summed E-state index contributed by atoms with van der Waals surface area (Å²) >= 11 is 0. The Bertz CT molecular complexity index is 8070. The van der Waals surface area contributed by atoms with Crippen molar-refractivity contribution >= 4 is 153 Å². The Morgan fingerprint density at radius 3 is 0.795 bits per heavy atom. The molecule has 0 atom stereocenters. The molecule has 574 valence electrons. The van der Waals surface area contributed by atoms with Crippen molar-refractivity contribution in [2.24, 2.45) is 0 Å². The number of benzene rings is 21. The van der Waals surface area contributed by atoms with Crippen LogP contribution < -0.4 is 16.0 Å². The topological polar surface area (TPSA) is 50.9 Å². The lowest BCUT2D eigenvalue weighted by molar-refractivity contribution is 1.18. The van der Waals surface area contributed by atoms with Crippen LogP contribution in [0, 0.1) is 0 Å². The molecule has 0 aliphatic heterocycles. The maximum absolute atomic E-state index is 3.71. The fraction of sp³-hybridized carbons (Fsp3) is 0. The Hall–Kier alpha value is -16.3. The number of nitrogens with zero attached hydrogens (tertiary/aromatic N) is 3. The lowest BCUT2D eigenvalue weighted by Crippen LogP contribution is -1.94. The molecule has 6 heteroatoms. The molecule has 0 unspecified atom stereocenters. The standard InChI is InChI=1S/C40H28N2.2C38H26N2/c1-3-9-28(10-4-1)30-17-20-34(21-18-30)41-35-22-24-40-38(27-35)37-26-33(32-16-15-29-11-7-8-12-31(29)25-32)19-23-39(37)42(40)36-13-5-2-6-14-36;1-2-12-34(13-3-1)40-37-20-17-31(30-15-14-26-8-4-6-10-28(26)22-30)24-35(37)36-25-33(19-21-38(36)40)39-32-18-16-27-9-5-7-11-29(27)23-32;1-2-13-32(14-3-1)40-37-21-19-30(29-18-17-26-9-4-5-11-28(26)23-29)24-34(37)35-25-31(20-22-38(35)40)39-36-16-8-12-27-10-6-7-15-33(27)36/h1-27,41H;2*1-25,39H. The van der Waals surface area contributed by atoms with E-state index in [1.54, 1.807) is 0 Å². The number of fused-ring (bicyclic) bond motifs is 14. The van der Waals surface area contributed by atoms with Crippen LogP contribution in [-0.4, -0.2) is 13.7 Å². The monoisotopic (exact) mass is 1560 g/mol. The van der Waals surface area contributed by atoms with E-state index in [1.165, 1.54) is 164 Å². The summed E-state index contributed by atoms with van der Waals surface area (Å²) in [4.78, 5) is 0. The fourth-order valence-electron chi connectivity index (χ4n) is 18.0. The number of rotatable bonds is 13. The SMILES string of the molecule is c1ccc(-c2ccc(Nc3ccc4c(c3)c3cc(-c5ccc6ccccc6c5)ccc3n4-c3ccccc3)cc2)cc1.c1ccc(-n2c3ccc(Nc4ccc5ccccc5c4)cc3c3cc(-c4ccc5ccccc5c4)ccc32)cc1.c1ccc(-n2c3ccc(Nc4cccc5ccccc45)cc3c3cc(-c4ccc5ccccc5c4)ccc32)cc1. The largest absolute Gasteiger partial charge is 0.356 e. The van der Waals surface area contributed by atoms with E-state index in [0.29, 0.717) is 0 Å². The van der Waals surface area contributed by atoms with Crippen molar-refractivity contribution in [1.29, 1.82) is 0 Å². The van der Waals surface area contributed by atoms with Crippen LogP contribution in [0.1, 0.15) is 0 Å². The number of anilines is 6. The van der Waals surface area contributed by atoms with Crippen LogP contribution in [0.2, 0.25) is 0 Å². The predicted molar refractivity (Wildman–Crippen MR) is 521 cm³/mol. The molecule has 3 heterocycles. The molecular formula is C116H80N6. The van der Waals surface area contributed by atoms with Gasteiger partial charge in [0.25, 0.3) is 0 Å². The first-order chi connectivity index (χ1) is 60.4. The van der Waals surface area contributed by atoms with E-state index in [-0.39, 0.29) is 0 Å². The first kappa shape index (κ1) is 72.2. The summed E-state index contributed by atoms with van der Waals surface area (Å²) < 4.78 is 7.11. The Labute approximate surface area is 707 Å². The average Bonchev–Trinajstić information content (AvgIpc) is 1.59. The van der Waals surface area contributed by atoms with Gasteiger partial charge in [0.15, 0.2) is 0 Å². The van der Waals surface area contributed by atoms with E-state index in [0.717, 1.165) is 51.2 Å². The van der Waals surface area contributed by atoms with Gasteiger partial charge in [-0.1, -0.05) is 291 Å². The Morgan fingerprint density at radius 2 is 0.385 bits per heavy atom. The van der Waals surface area contributed by atoms with Gasteiger partial charge in [-0.3, -0.25) is 0 Å². The number of aromatic nitrogens is 3. The number of para-hydroxylation sites is 3. The van der Waals surface area contributed by atoms with Crippen molar-refractivity contribution in [2.75, 3.05) is 16.0 Å². The summed E-state index contributed by atoms with van der Waals surface area (Å²) in [6.45, 7) is 0. The van der Waals surface area contributed by atoms with Crippen molar-refractivity contribution < 1.29 is 0 Å². The van der Waals surface area contributed by atoms with Crippen molar-refractivity contribution in [3.63, 3.8) is 0 Å². The maximum atomic E-state index is 3.71. The van der Waals surface area contributed by atoms with Gasteiger partial charge in [-0.15, -0.1) is 0 Å². The Kier molecular flexibility index (Phi) is 18.5. The summed E-state index contributed by atoms with van der Waals surface area (Å²) in [6.07, 6.45) is 0. The highest BCUT2D eigenvalue weighted by Gasteiger charge is 2.20. The summed E-state index contributed by atoms with van der Waals surface area (Å²) in [5, 5.41) is 30.9. The highest BCUT2D eigenvalue weighted by Crippen LogP contribution is 2.43. The van der Waals surface area contributed by atoms with E-state index < -0.39 is 0 Å². The van der Waals surface area contributed by atoms with Crippen LogP contribution in [0.4, 0.5) is 34.1 Å². The van der Waals surface area contributed by atoms with Gasteiger partial charge in [-0.2, -0.15) is 0 Å². The number of hydrogen-bond donors (Lipinski definition) is 3. The van der Waals surface area contributed by atoms with Crippen LogP contribution in [0.15, 0.2) is 467 Å². The zero-order valence-corrected chi connectivity index (χ0v) is 66.8. The quantitative estimate of drug-likeness (QED) is 0.108. The Morgan fingerprint density at radius 1 is 0.131 bits per heavy atom. The summed E-state index contributed by atoms with van der Waals surface area (Å²) in [5.74, 6) is 0. The third-order valence-corrected chi connectivity index (χ3v) is 24.0. The molecule has 3 N–H and O–H groups in total. The maximum Gasteiger partial charge on any atom is 0.0542 e. The van der Waals surface area contributed by atoms with Crippen molar-refractivity contribution in [1.82, 2.24) is 13.7 Å². The van der Waals surface area contributed by atoms with Crippen LogP contribution >= 0.6 is 0 Å². The van der Waals surface area contributed by atoms with Crippen molar-refractivity contribution in [3.8, 4) is 61.6 Å². The molecule has 0 amide bonds. The van der Waals surface area contributed by atoms with E-state index in [1.807, 2.05) is 0 Å². The molecule has 0 aliphatic rings. The van der Waals surface area contributed by atoms with Gasteiger partial charge in [0.1, 0.15) is 0 Å². The van der Waals surface area contributed by atoms with Crippen LogP contribution in [0.25, 0.3) is 181 Å². The molecule has 0 radical (unpaired) electrons. The first-order valence-corrected chi connectivity index (χ1v) is 41.7. The molecule has 3 aromatic heterocycles. The Balaban J connectivity index is 0.000000109. The smallest absolute Gasteiger partial charge is 0.0542 e. The highest BCUT2D eigenvalue weighted by atomic mass is 15.0. The minimum absolute atomic E-state index is 1.07. The zero-order chi connectivity index (χ0) is 80.8. The van der Waals surface area contributed by atoms with Gasteiger partial charge in [-0.05, 0) is 269 Å². The van der Waals surface area contributed by atoms with E-state index >= 15 is 0 Å². The first-order valence-electron chi connectivity index (χ1n) is 41.7. The fourth-order valence-corrected chi connectivity index (χ4v) is 18.0. The molecule has 21 aromatic carbocycles. The second-order valence-electron chi connectivity index (χ2n) is 31.5. The molecule has 0 saturated heterocycles. The highest BCUT2D eigenvalue weighted by molar-refractivity contribution is 6.15. The minimum Gasteiger partial charge on any atom is -0.356 e. The second-order valence-corrected chi connectivity index (χ2v) is 31.5. The van der Waals surface area contributed by atoms with Gasteiger partial charge in [0, 0.05) is 88.9 Å². The van der Waals surface area contributed by atoms with Crippen LogP contribution in [0.5, 0.6) is 0 Å². The number of nitrogens with one attached hydrogen (secondary N) is 3. The molecule has 0 aliphatic carbocycles. The van der Waals surface area contributed by atoms with Gasteiger partial charge in [0.2, 0.25) is 0 Å². The molecule has 24 aromatic rings. The van der Waals surface area contributed by atoms with Gasteiger partial charge >= 0.3 is 0 Å². The molecule has 0 saturated carbocycles. The van der Waals surface area contributed by atoms with E-state index in [4.69, 9.17) is 0 Å². The third-order valence-electron chi connectivity index (χ3n) is 24.0. The van der Waals surface area contributed by atoms with E-state index in [9.17, 15) is 0 Å². The summed E-state index contributed by atoms with van der Waals surface area (Å²) in [7, 11) is 0. The normalized spacial score (nSPS) is 11.4. The van der Waals surface area contributed by atoms with E-state index in [2.05, 4.69) is 497 Å². The second kappa shape index (κ2) is 31.3. The molecule has 6 nitrogen and oxygen atoms in total. The molecular weight excluding hydrogens is 1480 g/mol. The average molecular weight is 1560 g/mol. The van der Waals surface area contributed by atoms with Gasteiger partial charge in [-0.25, -0.2) is 0 Å². The van der Waals surface area contributed by atoms with Crippen LogP contribution in [-0.2, 0) is 0 Å². The molecule has 122 heavy (non-hydrogen) atoms. The lowest BCUT2D eigenvalue weighted by Gasteiger charge is -2.11. The van der Waals surface area contributed by atoms with Crippen molar-refractivity contribution in [2.45, 2.75) is 0 Å². The molecule has 0 spiro atoms. The van der Waals surface area contributed by atoms with Gasteiger partial charge in [0.05, 0.1) is 33.1 Å².